The van der Waals surface area contributed by atoms with Crippen molar-refractivity contribution >= 4 is 11.7 Å². The largest absolute Gasteiger partial charge is 0.573 e. The fourth-order valence-corrected chi connectivity index (χ4v) is 3.11. The number of benzene rings is 1. The molecule has 31 heavy (non-hydrogen) atoms. The minimum atomic E-state index is -4.73. The number of hydrogen-bond donors (Lipinski definition) is 1. The van der Waals surface area contributed by atoms with Gasteiger partial charge >= 0.3 is 12.3 Å². The molecule has 0 amide bonds. The topological polar surface area (TPSA) is 81.1 Å². The van der Waals surface area contributed by atoms with Crippen LogP contribution in [0.25, 0.3) is 0 Å². The molecule has 0 unspecified atom stereocenters. The molecule has 1 aromatic heterocycles. The normalized spacial score (nSPS) is 17.0. The average Bonchev–Trinajstić information content (AvgIpc) is 2.72. The number of alkyl halides is 3. The van der Waals surface area contributed by atoms with Crippen LogP contribution < -0.4 is 14.4 Å². The zero-order valence-corrected chi connectivity index (χ0v) is 16.4. The van der Waals surface area contributed by atoms with Crippen LogP contribution in [-0.2, 0) is 16.1 Å². The quantitative estimate of drug-likeness (QED) is 0.628. The summed E-state index contributed by atoms with van der Waals surface area (Å²) in [5, 5.41) is 8.77. The van der Waals surface area contributed by atoms with Gasteiger partial charge in [0.1, 0.15) is 18.1 Å². The predicted molar refractivity (Wildman–Crippen MR) is 105 cm³/mol. The maximum absolute atomic E-state index is 12.2. The van der Waals surface area contributed by atoms with Gasteiger partial charge in [-0.1, -0.05) is 18.2 Å². The molecule has 1 atom stereocenters. The number of rotatable bonds is 8. The lowest BCUT2D eigenvalue weighted by Gasteiger charge is -2.36. The summed E-state index contributed by atoms with van der Waals surface area (Å²) in [5.74, 6) is -0.798. The number of ether oxygens (including phenoxy) is 3. The van der Waals surface area contributed by atoms with Crippen molar-refractivity contribution in [1.82, 2.24) is 4.98 Å². The first-order valence-corrected chi connectivity index (χ1v) is 9.46. The molecular weight excluding hydrogens is 417 g/mol. The number of aliphatic carboxylic acids is 1. The summed E-state index contributed by atoms with van der Waals surface area (Å²) in [6.45, 7) is 1.76. The Kier molecular flexibility index (Phi) is 7.35. The minimum absolute atomic E-state index is 0.0393. The van der Waals surface area contributed by atoms with Gasteiger partial charge in [0.15, 0.2) is 0 Å². The van der Waals surface area contributed by atoms with Crippen LogP contribution in [0.15, 0.2) is 54.9 Å². The Bertz CT molecular complexity index is 903. The molecule has 0 saturated carbocycles. The van der Waals surface area contributed by atoms with Crippen molar-refractivity contribution in [2.45, 2.75) is 25.4 Å². The Hall–Kier alpha value is -3.27. The summed E-state index contributed by atoms with van der Waals surface area (Å²) in [6.07, 6.45) is 1.71. The summed E-state index contributed by atoms with van der Waals surface area (Å²) in [6, 6.07) is 7.21. The number of carbonyl (C=O) groups is 1. The van der Waals surface area contributed by atoms with Gasteiger partial charge in [0.2, 0.25) is 0 Å². The van der Waals surface area contributed by atoms with Crippen molar-refractivity contribution in [3.05, 3.63) is 60.4 Å². The molecule has 0 bridgehead atoms. The molecule has 2 heterocycles. The highest BCUT2D eigenvalue weighted by atomic mass is 19.4. The van der Waals surface area contributed by atoms with Crippen molar-refractivity contribution in [3.8, 4) is 11.5 Å². The third kappa shape index (κ3) is 7.18. The van der Waals surface area contributed by atoms with E-state index in [2.05, 4.69) is 14.6 Å². The Labute approximate surface area is 176 Å². The fraction of sp³-hybridized carbons (Fsp3) is 0.333. The number of aromatic nitrogens is 1. The molecule has 0 radical (unpaired) electrons. The number of halogens is 3. The van der Waals surface area contributed by atoms with Gasteiger partial charge in [0.25, 0.3) is 0 Å². The molecule has 3 rings (SSSR count). The smallest absolute Gasteiger partial charge is 0.487 e. The van der Waals surface area contributed by atoms with Crippen molar-refractivity contribution < 1.29 is 37.3 Å². The molecule has 1 N–H and O–H groups in total. The van der Waals surface area contributed by atoms with Gasteiger partial charge in [-0.05, 0) is 24.1 Å². The van der Waals surface area contributed by atoms with Crippen LogP contribution in [0.4, 0.5) is 18.9 Å². The van der Waals surface area contributed by atoms with E-state index in [0.29, 0.717) is 37.5 Å². The van der Waals surface area contributed by atoms with Crippen LogP contribution in [0.1, 0.15) is 12.0 Å². The molecule has 1 aromatic carbocycles. The van der Waals surface area contributed by atoms with Gasteiger partial charge in [0.05, 0.1) is 37.3 Å². The number of nitrogens with zero attached hydrogens (tertiary/aromatic N) is 2. The van der Waals surface area contributed by atoms with Crippen LogP contribution in [-0.4, -0.2) is 48.2 Å². The molecule has 1 aliphatic rings. The maximum atomic E-state index is 12.2. The lowest BCUT2D eigenvalue weighted by atomic mass is 10.1. The highest BCUT2D eigenvalue weighted by molar-refractivity contribution is 5.79. The molecule has 1 saturated heterocycles. The van der Waals surface area contributed by atoms with E-state index < -0.39 is 12.3 Å². The second kappa shape index (κ2) is 10.2. The second-order valence-corrected chi connectivity index (χ2v) is 6.76. The second-order valence-electron chi connectivity index (χ2n) is 6.76. The van der Waals surface area contributed by atoms with E-state index in [-0.39, 0.29) is 18.4 Å². The number of morpholine rings is 1. The molecule has 166 valence electrons. The third-order valence-corrected chi connectivity index (χ3v) is 4.49. The molecule has 1 fully saturated rings. The van der Waals surface area contributed by atoms with Gasteiger partial charge in [-0.15, -0.1) is 13.2 Å². The van der Waals surface area contributed by atoms with Gasteiger partial charge in [-0.3, -0.25) is 4.98 Å². The molecule has 2 aromatic rings. The van der Waals surface area contributed by atoms with Crippen LogP contribution in [0, 0.1) is 0 Å². The van der Waals surface area contributed by atoms with Gasteiger partial charge in [-0.25, -0.2) is 4.79 Å². The number of pyridine rings is 1. The Morgan fingerprint density at radius 1 is 1.26 bits per heavy atom. The highest BCUT2D eigenvalue weighted by Gasteiger charge is 2.31. The van der Waals surface area contributed by atoms with Crippen LogP contribution >= 0.6 is 0 Å². The first-order valence-electron chi connectivity index (χ1n) is 9.46. The van der Waals surface area contributed by atoms with Crippen molar-refractivity contribution in [1.29, 1.82) is 0 Å². The molecular formula is C21H21F3N2O5. The van der Waals surface area contributed by atoms with Crippen molar-refractivity contribution in [2.75, 3.05) is 24.7 Å². The number of anilines is 1. The van der Waals surface area contributed by atoms with Gasteiger partial charge in [-0.2, -0.15) is 0 Å². The van der Waals surface area contributed by atoms with E-state index in [1.807, 2.05) is 6.07 Å². The summed E-state index contributed by atoms with van der Waals surface area (Å²) < 4.78 is 51.8. The highest BCUT2D eigenvalue weighted by Crippen LogP contribution is 2.26. The van der Waals surface area contributed by atoms with E-state index in [0.717, 1.165) is 11.8 Å². The zero-order chi connectivity index (χ0) is 22.3. The van der Waals surface area contributed by atoms with Crippen LogP contribution in [0.2, 0.25) is 0 Å². The SMILES string of the molecule is O=C(O)/C=C/C[C@@H]1COCCN1c1cncc(OCc2ccc(OC(F)(F)F)cc2)c1. The summed E-state index contributed by atoms with van der Waals surface area (Å²) in [5.41, 5.74) is 1.48. The molecule has 10 heteroatoms. The van der Waals surface area contributed by atoms with Crippen LogP contribution in [0.5, 0.6) is 11.5 Å². The van der Waals surface area contributed by atoms with E-state index in [4.69, 9.17) is 14.6 Å². The maximum Gasteiger partial charge on any atom is 0.573 e. The van der Waals surface area contributed by atoms with Gasteiger partial charge in [0, 0.05) is 18.7 Å². The monoisotopic (exact) mass is 438 g/mol. The number of hydrogen-bond acceptors (Lipinski definition) is 6. The molecule has 0 aliphatic carbocycles. The Balaban J connectivity index is 1.62. The molecule has 1 aliphatic heterocycles. The van der Waals surface area contributed by atoms with E-state index >= 15 is 0 Å². The summed E-state index contributed by atoms with van der Waals surface area (Å²) in [7, 11) is 0. The van der Waals surface area contributed by atoms with E-state index in [1.165, 1.54) is 24.3 Å². The standard InChI is InChI=1S/C21H21F3N2O5/c22-21(23,24)31-18-6-4-15(5-7-18)13-30-19-10-17(11-25-12-19)26-8-9-29-14-16(26)2-1-3-20(27)28/h1,3-7,10-12,16H,2,8-9,13-14H2,(H,27,28)/b3-1+/t16-/m1/s1. The number of carboxylic acids is 1. The van der Waals surface area contributed by atoms with Crippen LogP contribution in [0.3, 0.4) is 0 Å². The third-order valence-electron chi connectivity index (χ3n) is 4.49. The van der Waals surface area contributed by atoms with Gasteiger partial charge < -0.3 is 24.2 Å². The van der Waals surface area contributed by atoms with Crippen molar-refractivity contribution in [2.24, 2.45) is 0 Å². The first kappa shape index (κ1) is 22.4. The van der Waals surface area contributed by atoms with Crippen molar-refractivity contribution in [3.63, 3.8) is 0 Å². The van der Waals surface area contributed by atoms with E-state index in [1.54, 1.807) is 18.5 Å². The predicted octanol–water partition coefficient (Wildman–Crippen LogP) is 3.80. The number of carboxylic acid groups (broad SMARTS) is 1. The van der Waals surface area contributed by atoms with E-state index in [9.17, 15) is 18.0 Å². The molecule has 7 nitrogen and oxygen atoms in total. The lowest BCUT2D eigenvalue weighted by molar-refractivity contribution is -0.274. The lowest BCUT2D eigenvalue weighted by Crippen LogP contribution is -2.45. The first-order chi connectivity index (χ1) is 14.8. The summed E-state index contributed by atoms with van der Waals surface area (Å²) >= 11 is 0. The Morgan fingerprint density at radius 3 is 2.74 bits per heavy atom. The average molecular weight is 438 g/mol. The fourth-order valence-electron chi connectivity index (χ4n) is 3.11. The minimum Gasteiger partial charge on any atom is -0.487 e. The molecule has 0 spiro atoms. The zero-order valence-electron chi connectivity index (χ0n) is 16.4. The Morgan fingerprint density at radius 2 is 2.03 bits per heavy atom. The summed E-state index contributed by atoms with van der Waals surface area (Å²) in [4.78, 5) is 17.0.